The minimum atomic E-state index is -0.449. The molecule has 1 aliphatic carbocycles. The van der Waals surface area contributed by atoms with Crippen LogP contribution in [0.25, 0.3) is 0 Å². The highest BCUT2D eigenvalue weighted by Gasteiger charge is 2.14. The molecule has 0 unspecified atom stereocenters. The van der Waals surface area contributed by atoms with E-state index in [2.05, 4.69) is 15.6 Å². The average Bonchev–Trinajstić information content (AvgIpc) is 3.06. The summed E-state index contributed by atoms with van der Waals surface area (Å²) < 4.78 is 32.4. The second-order valence-corrected chi connectivity index (χ2v) is 5.72. The van der Waals surface area contributed by atoms with Gasteiger partial charge >= 0.3 is 0 Å². The lowest BCUT2D eigenvalue weighted by Crippen LogP contribution is -2.37. The third-order valence-electron chi connectivity index (χ3n) is 3.95. The van der Waals surface area contributed by atoms with Crippen LogP contribution in [0, 0.1) is 11.6 Å². The number of halogens is 3. The molecule has 1 aromatic carbocycles. The first-order valence-corrected chi connectivity index (χ1v) is 8.19. The number of rotatable bonds is 7. The molecule has 0 saturated heterocycles. The topological polar surface area (TPSA) is 45.7 Å². The summed E-state index contributed by atoms with van der Waals surface area (Å²) in [7, 11) is 1.65. The second-order valence-electron chi connectivity index (χ2n) is 5.72. The minimum absolute atomic E-state index is 0. The van der Waals surface area contributed by atoms with Crippen molar-refractivity contribution < 1.29 is 13.5 Å². The quantitative estimate of drug-likeness (QED) is 0.287. The molecular weight excluding hydrogens is 427 g/mol. The van der Waals surface area contributed by atoms with E-state index in [9.17, 15) is 8.78 Å². The van der Waals surface area contributed by atoms with Gasteiger partial charge in [-0.05, 0) is 37.5 Å². The van der Waals surface area contributed by atoms with Crippen molar-refractivity contribution >= 4 is 29.9 Å². The Kier molecular flexibility index (Phi) is 10.2. The van der Waals surface area contributed by atoms with Crippen molar-refractivity contribution in [2.24, 2.45) is 4.99 Å². The lowest BCUT2D eigenvalue weighted by Gasteiger charge is -2.14. The molecule has 4 nitrogen and oxygen atoms in total. The Morgan fingerprint density at radius 1 is 1.25 bits per heavy atom. The molecule has 1 aliphatic rings. The number of hydrogen-bond acceptors (Lipinski definition) is 2. The number of nitrogens with zero attached hydrogens (tertiary/aromatic N) is 1. The summed E-state index contributed by atoms with van der Waals surface area (Å²) in [6.07, 6.45) is 6.21. The van der Waals surface area contributed by atoms with Crippen LogP contribution < -0.4 is 10.6 Å². The molecule has 2 rings (SSSR count). The van der Waals surface area contributed by atoms with Gasteiger partial charge in [-0.1, -0.05) is 12.8 Å². The van der Waals surface area contributed by atoms with Crippen LogP contribution in [-0.4, -0.2) is 32.3 Å². The molecule has 0 radical (unpaired) electrons. The maximum Gasteiger partial charge on any atom is 0.191 e. The predicted octanol–water partition coefficient (Wildman–Crippen LogP) is 3.60. The molecule has 0 aromatic heterocycles. The highest BCUT2D eigenvalue weighted by molar-refractivity contribution is 14.0. The average molecular weight is 453 g/mol. The Bertz CT molecular complexity index is 523. The van der Waals surface area contributed by atoms with Crippen LogP contribution in [0.4, 0.5) is 8.78 Å². The molecule has 0 bridgehead atoms. The van der Waals surface area contributed by atoms with E-state index in [1.54, 1.807) is 7.05 Å². The third kappa shape index (κ3) is 7.29. The van der Waals surface area contributed by atoms with Crippen LogP contribution in [0.3, 0.4) is 0 Å². The maximum absolute atomic E-state index is 13.5. The van der Waals surface area contributed by atoms with Crippen molar-refractivity contribution in [3.63, 3.8) is 0 Å². The molecule has 136 valence electrons. The van der Waals surface area contributed by atoms with Crippen LogP contribution in [0.5, 0.6) is 0 Å². The molecule has 0 heterocycles. The van der Waals surface area contributed by atoms with Gasteiger partial charge in [0.1, 0.15) is 11.6 Å². The number of hydrogen-bond donors (Lipinski definition) is 2. The zero-order chi connectivity index (χ0) is 16.5. The lowest BCUT2D eigenvalue weighted by atomic mass is 10.2. The summed E-state index contributed by atoms with van der Waals surface area (Å²) in [6, 6.07) is 3.42. The number of benzene rings is 1. The van der Waals surface area contributed by atoms with Crippen LogP contribution >= 0.6 is 24.0 Å². The van der Waals surface area contributed by atoms with Crippen LogP contribution in [0.15, 0.2) is 23.2 Å². The molecule has 7 heteroatoms. The second kappa shape index (κ2) is 11.6. The van der Waals surface area contributed by atoms with E-state index >= 15 is 0 Å². The normalized spacial score (nSPS) is 15.2. The fourth-order valence-electron chi connectivity index (χ4n) is 2.66. The first-order valence-electron chi connectivity index (χ1n) is 8.19. The molecule has 24 heavy (non-hydrogen) atoms. The van der Waals surface area contributed by atoms with Gasteiger partial charge in [0.2, 0.25) is 0 Å². The first-order chi connectivity index (χ1) is 11.2. The van der Waals surface area contributed by atoms with Crippen molar-refractivity contribution in [3.8, 4) is 0 Å². The van der Waals surface area contributed by atoms with Crippen molar-refractivity contribution in [1.82, 2.24) is 10.6 Å². The van der Waals surface area contributed by atoms with Crippen LogP contribution in [-0.2, 0) is 11.3 Å². The molecule has 2 N–H and O–H groups in total. The SMILES string of the molecule is CN=C(NCCCOC1CCCC1)NCc1cc(F)ccc1F.I. The zero-order valence-electron chi connectivity index (χ0n) is 14.0. The van der Waals surface area contributed by atoms with E-state index < -0.39 is 11.6 Å². The van der Waals surface area contributed by atoms with E-state index in [1.165, 1.54) is 31.7 Å². The standard InChI is InChI=1S/C17H25F2N3O.HI/c1-20-17(21-9-4-10-23-15-5-2-3-6-15)22-12-13-11-14(18)7-8-16(13)19;/h7-8,11,15H,2-6,9-10,12H2,1H3,(H2,20,21,22);1H. The van der Waals surface area contributed by atoms with Gasteiger partial charge in [-0.3, -0.25) is 4.99 Å². The number of aliphatic imine (C=N–C) groups is 1. The van der Waals surface area contributed by atoms with E-state index in [1.807, 2.05) is 0 Å². The highest BCUT2D eigenvalue weighted by atomic mass is 127. The summed E-state index contributed by atoms with van der Waals surface area (Å²) in [4.78, 5) is 4.07. The number of ether oxygens (including phenoxy) is 1. The van der Waals surface area contributed by atoms with Crippen LogP contribution in [0.2, 0.25) is 0 Å². The molecule has 0 atom stereocenters. The number of guanidine groups is 1. The molecule has 0 aliphatic heterocycles. The van der Waals surface area contributed by atoms with E-state index in [4.69, 9.17) is 4.74 Å². The summed E-state index contributed by atoms with van der Waals surface area (Å²) in [5, 5.41) is 6.12. The Labute approximate surface area is 159 Å². The van der Waals surface area contributed by atoms with Crippen molar-refractivity contribution in [2.45, 2.75) is 44.8 Å². The van der Waals surface area contributed by atoms with Gasteiger partial charge < -0.3 is 15.4 Å². The van der Waals surface area contributed by atoms with Gasteiger partial charge in [0.15, 0.2) is 5.96 Å². The summed E-state index contributed by atoms with van der Waals surface area (Å²) in [5.41, 5.74) is 0.275. The van der Waals surface area contributed by atoms with Crippen molar-refractivity contribution in [1.29, 1.82) is 0 Å². The molecule has 1 fully saturated rings. The number of nitrogens with one attached hydrogen (secondary N) is 2. The Morgan fingerprint density at radius 2 is 2.00 bits per heavy atom. The van der Waals surface area contributed by atoms with Gasteiger partial charge in [0.25, 0.3) is 0 Å². The van der Waals surface area contributed by atoms with Crippen LogP contribution in [0.1, 0.15) is 37.7 Å². The smallest absolute Gasteiger partial charge is 0.191 e. The Balaban J connectivity index is 0.00000288. The van der Waals surface area contributed by atoms with Gasteiger partial charge in [0.05, 0.1) is 6.10 Å². The van der Waals surface area contributed by atoms with E-state index in [-0.39, 0.29) is 36.1 Å². The zero-order valence-corrected chi connectivity index (χ0v) is 16.3. The van der Waals surface area contributed by atoms with Gasteiger partial charge in [0, 0.05) is 32.3 Å². The van der Waals surface area contributed by atoms with Gasteiger partial charge in [-0.2, -0.15) is 0 Å². The molecular formula is C17H26F2IN3O. The Hall–Kier alpha value is -0.960. The maximum atomic E-state index is 13.5. The van der Waals surface area contributed by atoms with E-state index in [0.717, 1.165) is 31.7 Å². The monoisotopic (exact) mass is 453 g/mol. The third-order valence-corrected chi connectivity index (χ3v) is 3.95. The summed E-state index contributed by atoms with van der Waals surface area (Å²) >= 11 is 0. The summed E-state index contributed by atoms with van der Waals surface area (Å²) in [5.74, 6) is -0.316. The molecule has 1 aromatic rings. The minimum Gasteiger partial charge on any atom is -0.378 e. The van der Waals surface area contributed by atoms with Crippen molar-refractivity contribution in [3.05, 3.63) is 35.4 Å². The molecule has 0 spiro atoms. The van der Waals surface area contributed by atoms with Crippen molar-refractivity contribution in [2.75, 3.05) is 20.2 Å². The fourth-order valence-corrected chi connectivity index (χ4v) is 2.66. The highest BCUT2D eigenvalue weighted by Crippen LogP contribution is 2.20. The first kappa shape index (κ1) is 21.1. The fraction of sp³-hybridized carbons (Fsp3) is 0.588. The lowest BCUT2D eigenvalue weighted by molar-refractivity contribution is 0.0574. The largest absolute Gasteiger partial charge is 0.378 e. The molecule has 0 amide bonds. The van der Waals surface area contributed by atoms with Gasteiger partial charge in [-0.15, -0.1) is 24.0 Å². The predicted molar refractivity (Wildman–Crippen MR) is 103 cm³/mol. The van der Waals surface area contributed by atoms with E-state index in [0.29, 0.717) is 12.1 Å². The molecule has 1 saturated carbocycles. The Morgan fingerprint density at radius 3 is 2.71 bits per heavy atom. The summed E-state index contributed by atoms with van der Waals surface area (Å²) in [6.45, 7) is 1.63. The van der Waals surface area contributed by atoms with Gasteiger partial charge in [-0.25, -0.2) is 8.78 Å².